The molecule has 92 valence electrons. The molecule has 0 saturated heterocycles. The first-order valence-electron chi connectivity index (χ1n) is 5.90. The van der Waals surface area contributed by atoms with Gasteiger partial charge in [-0.2, -0.15) is 0 Å². The van der Waals surface area contributed by atoms with E-state index in [9.17, 15) is 4.79 Å². The Balaban J connectivity index is 0. The fourth-order valence-corrected chi connectivity index (χ4v) is 0.949. The van der Waals surface area contributed by atoms with E-state index in [4.69, 9.17) is 9.47 Å². The van der Waals surface area contributed by atoms with Crippen molar-refractivity contribution in [3.63, 3.8) is 0 Å². The Hall–Kier alpha value is -0.570. The molecule has 0 aliphatic rings. The van der Waals surface area contributed by atoms with E-state index >= 15 is 0 Å². The molecule has 0 atom stereocenters. The SMILES string of the molecule is CCCCCCOC(C)=O.CCOCC. The highest BCUT2D eigenvalue weighted by atomic mass is 16.5. The van der Waals surface area contributed by atoms with E-state index in [2.05, 4.69) is 6.92 Å². The molecule has 0 radical (unpaired) electrons. The number of esters is 1. The standard InChI is InChI=1S/C8H16O2.C4H10O/c1-3-4-5-6-7-10-8(2)9;1-3-5-4-2/h3-7H2,1-2H3;3-4H2,1-2H3. The molecule has 0 rings (SSSR count). The van der Waals surface area contributed by atoms with Crippen LogP contribution in [0.5, 0.6) is 0 Å². The number of unbranched alkanes of at least 4 members (excludes halogenated alkanes) is 3. The summed E-state index contributed by atoms with van der Waals surface area (Å²) in [5, 5.41) is 0. The minimum atomic E-state index is -0.170. The summed E-state index contributed by atoms with van der Waals surface area (Å²) in [6.07, 6.45) is 4.64. The van der Waals surface area contributed by atoms with Crippen molar-refractivity contribution in [1.82, 2.24) is 0 Å². The number of rotatable bonds is 7. The normalized spacial score (nSPS) is 9.07. The summed E-state index contributed by atoms with van der Waals surface area (Å²) in [4.78, 5) is 10.3. The van der Waals surface area contributed by atoms with Crippen LogP contribution in [0, 0.1) is 0 Å². The van der Waals surface area contributed by atoms with E-state index in [1.165, 1.54) is 26.2 Å². The summed E-state index contributed by atoms with van der Waals surface area (Å²) >= 11 is 0. The van der Waals surface area contributed by atoms with Crippen molar-refractivity contribution in [2.24, 2.45) is 0 Å². The van der Waals surface area contributed by atoms with Crippen LogP contribution in [0.2, 0.25) is 0 Å². The number of ether oxygens (including phenoxy) is 2. The molecule has 0 heterocycles. The molecular weight excluding hydrogens is 192 g/mol. The smallest absolute Gasteiger partial charge is 0.302 e. The molecule has 0 unspecified atom stereocenters. The zero-order chi connectivity index (χ0) is 11.9. The first-order chi connectivity index (χ1) is 7.18. The lowest BCUT2D eigenvalue weighted by Crippen LogP contribution is -1.99. The van der Waals surface area contributed by atoms with Crippen LogP contribution in [0.1, 0.15) is 53.4 Å². The van der Waals surface area contributed by atoms with E-state index in [0.717, 1.165) is 19.6 Å². The van der Waals surface area contributed by atoms with Gasteiger partial charge < -0.3 is 9.47 Å². The van der Waals surface area contributed by atoms with Crippen molar-refractivity contribution in [1.29, 1.82) is 0 Å². The first kappa shape index (κ1) is 16.8. The zero-order valence-corrected chi connectivity index (χ0v) is 10.7. The summed E-state index contributed by atoms with van der Waals surface area (Å²) in [6.45, 7) is 9.86. The van der Waals surface area contributed by atoms with Crippen molar-refractivity contribution >= 4 is 5.97 Å². The van der Waals surface area contributed by atoms with E-state index in [1.54, 1.807) is 0 Å². The summed E-state index contributed by atoms with van der Waals surface area (Å²) < 4.78 is 9.58. The molecule has 15 heavy (non-hydrogen) atoms. The molecule has 0 aromatic rings. The fraction of sp³-hybridized carbons (Fsp3) is 0.917. The molecule has 0 aliphatic heterocycles. The number of carbonyl (C=O) groups is 1. The Kier molecular flexibility index (Phi) is 17.8. The van der Waals surface area contributed by atoms with Crippen LogP contribution in [0.3, 0.4) is 0 Å². The molecular formula is C12H26O3. The zero-order valence-electron chi connectivity index (χ0n) is 10.7. The summed E-state index contributed by atoms with van der Waals surface area (Å²) in [5.41, 5.74) is 0. The highest BCUT2D eigenvalue weighted by Gasteiger charge is 1.91. The lowest BCUT2D eigenvalue weighted by atomic mass is 10.2. The van der Waals surface area contributed by atoms with Gasteiger partial charge in [0.05, 0.1) is 6.61 Å². The largest absolute Gasteiger partial charge is 0.466 e. The van der Waals surface area contributed by atoms with Gasteiger partial charge in [0.2, 0.25) is 0 Å². The third kappa shape index (κ3) is 24.7. The van der Waals surface area contributed by atoms with Crippen molar-refractivity contribution in [3.05, 3.63) is 0 Å². The topological polar surface area (TPSA) is 35.5 Å². The monoisotopic (exact) mass is 218 g/mol. The molecule has 0 bridgehead atoms. The minimum absolute atomic E-state index is 0.170. The van der Waals surface area contributed by atoms with Crippen molar-refractivity contribution in [2.75, 3.05) is 19.8 Å². The molecule has 0 aromatic heterocycles. The Labute approximate surface area is 94.1 Å². The maximum Gasteiger partial charge on any atom is 0.302 e. The van der Waals surface area contributed by atoms with Crippen molar-refractivity contribution in [2.45, 2.75) is 53.4 Å². The van der Waals surface area contributed by atoms with Crippen LogP contribution in [0.25, 0.3) is 0 Å². The van der Waals surface area contributed by atoms with Gasteiger partial charge in [-0.15, -0.1) is 0 Å². The maximum atomic E-state index is 10.3. The van der Waals surface area contributed by atoms with Gasteiger partial charge in [-0.25, -0.2) is 0 Å². The third-order valence-electron chi connectivity index (χ3n) is 1.71. The van der Waals surface area contributed by atoms with Gasteiger partial charge in [0, 0.05) is 20.1 Å². The van der Waals surface area contributed by atoms with Crippen LogP contribution < -0.4 is 0 Å². The summed E-state index contributed by atoms with van der Waals surface area (Å²) in [6, 6.07) is 0. The lowest BCUT2D eigenvalue weighted by molar-refractivity contribution is -0.141. The molecule has 0 spiro atoms. The van der Waals surface area contributed by atoms with Crippen LogP contribution in [0.15, 0.2) is 0 Å². The van der Waals surface area contributed by atoms with Crippen LogP contribution in [-0.2, 0) is 14.3 Å². The lowest BCUT2D eigenvalue weighted by Gasteiger charge is -1.99. The van der Waals surface area contributed by atoms with Gasteiger partial charge in [0.15, 0.2) is 0 Å². The van der Waals surface area contributed by atoms with Gasteiger partial charge in [0.1, 0.15) is 0 Å². The predicted molar refractivity (Wildman–Crippen MR) is 62.9 cm³/mol. The Bertz CT molecular complexity index is 122. The van der Waals surface area contributed by atoms with Gasteiger partial charge in [-0.1, -0.05) is 26.2 Å². The molecule has 0 fully saturated rings. The molecule has 3 heteroatoms. The van der Waals surface area contributed by atoms with Gasteiger partial charge in [-0.05, 0) is 20.3 Å². The average molecular weight is 218 g/mol. The molecule has 0 aromatic carbocycles. The second kappa shape index (κ2) is 15.9. The number of carbonyl (C=O) groups excluding carboxylic acids is 1. The van der Waals surface area contributed by atoms with E-state index < -0.39 is 0 Å². The number of hydrogen-bond acceptors (Lipinski definition) is 3. The summed E-state index contributed by atoms with van der Waals surface area (Å²) in [5.74, 6) is -0.170. The minimum Gasteiger partial charge on any atom is -0.466 e. The van der Waals surface area contributed by atoms with Crippen molar-refractivity contribution < 1.29 is 14.3 Å². The van der Waals surface area contributed by atoms with E-state index in [1.807, 2.05) is 13.8 Å². The van der Waals surface area contributed by atoms with Gasteiger partial charge in [-0.3, -0.25) is 4.79 Å². The van der Waals surface area contributed by atoms with Crippen LogP contribution in [-0.4, -0.2) is 25.8 Å². The van der Waals surface area contributed by atoms with E-state index in [-0.39, 0.29) is 5.97 Å². The molecule has 0 aliphatic carbocycles. The van der Waals surface area contributed by atoms with Crippen molar-refractivity contribution in [3.8, 4) is 0 Å². The highest BCUT2D eigenvalue weighted by Crippen LogP contribution is 1.98. The Morgan fingerprint density at radius 3 is 1.93 bits per heavy atom. The van der Waals surface area contributed by atoms with Crippen LogP contribution in [0.4, 0.5) is 0 Å². The Morgan fingerprint density at radius 1 is 1.00 bits per heavy atom. The molecule has 0 amide bonds. The highest BCUT2D eigenvalue weighted by molar-refractivity contribution is 5.65. The first-order valence-corrected chi connectivity index (χ1v) is 5.90. The molecule has 0 saturated carbocycles. The van der Waals surface area contributed by atoms with Gasteiger partial charge in [0.25, 0.3) is 0 Å². The summed E-state index contributed by atoms with van der Waals surface area (Å²) in [7, 11) is 0. The quantitative estimate of drug-likeness (QED) is 0.486. The van der Waals surface area contributed by atoms with Crippen LogP contribution >= 0.6 is 0 Å². The molecule has 0 N–H and O–H groups in total. The average Bonchev–Trinajstić information content (AvgIpc) is 2.19. The maximum absolute atomic E-state index is 10.3. The third-order valence-corrected chi connectivity index (χ3v) is 1.71. The Morgan fingerprint density at radius 2 is 1.60 bits per heavy atom. The second-order valence-electron chi connectivity index (χ2n) is 3.18. The fourth-order valence-electron chi connectivity index (χ4n) is 0.949. The predicted octanol–water partition coefficient (Wildman–Crippen LogP) is 3.17. The number of hydrogen-bond donors (Lipinski definition) is 0. The second-order valence-corrected chi connectivity index (χ2v) is 3.18. The molecule has 3 nitrogen and oxygen atoms in total. The van der Waals surface area contributed by atoms with Gasteiger partial charge >= 0.3 is 5.97 Å². The van der Waals surface area contributed by atoms with E-state index in [0.29, 0.717) is 6.61 Å².